The molecule has 2 aromatic heterocycles. The Kier molecular flexibility index (Phi) is 6.78. The lowest BCUT2D eigenvalue weighted by atomic mass is 9.92. The number of fused-ring (bicyclic) bond motifs is 5. The lowest BCUT2D eigenvalue weighted by Gasteiger charge is -2.14. The third-order valence-corrected chi connectivity index (χ3v) is 9.75. The highest BCUT2D eigenvalue weighted by molar-refractivity contribution is 6.16. The summed E-state index contributed by atoms with van der Waals surface area (Å²) in [5.41, 5.74) is 9.17. The average Bonchev–Trinajstić information content (AvgIpc) is 3.60. The van der Waals surface area contributed by atoms with E-state index in [1.54, 1.807) is 0 Å². The minimum atomic E-state index is 0.631. The molecule has 0 radical (unpaired) electrons. The normalized spacial score (nSPS) is 11.5. The second kappa shape index (κ2) is 11.9. The molecule has 4 heteroatoms. The number of rotatable bonds is 5. The van der Waals surface area contributed by atoms with Gasteiger partial charge in [0.25, 0.3) is 0 Å². The summed E-state index contributed by atoms with van der Waals surface area (Å²) in [7, 11) is 0. The molecule has 8 aromatic carbocycles. The number of benzene rings is 8. The van der Waals surface area contributed by atoms with Gasteiger partial charge in [0.15, 0.2) is 17.5 Å². The van der Waals surface area contributed by atoms with Crippen LogP contribution in [0, 0.1) is 0 Å². The molecule has 0 N–H and O–H groups in total. The van der Waals surface area contributed by atoms with Gasteiger partial charge >= 0.3 is 0 Å². The molecule has 0 aliphatic carbocycles. The second-order valence-electron chi connectivity index (χ2n) is 12.8. The first-order valence-corrected chi connectivity index (χ1v) is 17.1. The SMILES string of the molecule is c1ccc(-c2nc(-c3ccc(-c4ccc5ccccc5c4)cc3)nc(-c3ccc(-c4cccc5oc6ccccc6c45)c4ccccc34)n2)cc1. The van der Waals surface area contributed by atoms with Crippen LogP contribution in [-0.4, -0.2) is 15.0 Å². The molecular formula is C47H29N3O. The first kappa shape index (κ1) is 29.0. The van der Waals surface area contributed by atoms with E-state index in [0.717, 1.165) is 66.1 Å². The molecule has 0 unspecified atom stereocenters. The van der Waals surface area contributed by atoms with E-state index < -0.39 is 0 Å². The molecule has 4 nitrogen and oxygen atoms in total. The van der Waals surface area contributed by atoms with Gasteiger partial charge in [-0.05, 0) is 68.1 Å². The van der Waals surface area contributed by atoms with Gasteiger partial charge in [-0.15, -0.1) is 0 Å². The van der Waals surface area contributed by atoms with Crippen LogP contribution in [0.2, 0.25) is 0 Å². The lowest BCUT2D eigenvalue weighted by Crippen LogP contribution is -2.00. The largest absolute Gasteiger partial charge is 0.456 e. The standard InChI is InChI=1S/C47H29N3O/c1-2-12-32(13-3-1)45-48-46(33-24-21-31(22-25-33)35-26-23-30-11-4-5-14-34(30)29-35)50-47(49-45)40-28-27-38(36-15-6-7-16-37(36)40)39-18-10-20-43-44(39)41-17-8-9-19-42(41)51-43/h1-29H. The maximum absolute atomic E-state index is 6.25. The molecule has 0 amide bonds. The average molecular weight is 652 g/mol. The zero-order valence-corrected chi connectivity index (χ0v) is 27.5. The van der Waals surface area contributed by atoms with Crippen LogP contribution in [0.5, 0.6) is 0 Å². The second-order valence-corrected chi connectivity index (χ2v) is 12.8. The summed E-state index contributed by atoms with van der Waals surface area (Å²) < 4.78 is 6.25. The zero-order valence-electron chi connectivity index (χ0n) is 27.5. The molecule has 0 saturated heterocycles. The van der Waals surface area contributed by atoms with Gasteiger partial charge in [-0.25, -0.2) is 15.0 Å². The van der Waals surface area contributed by atoms with Gasteiger partial charge in [-0.3, -0.25) is 0 Å². The first-order chi connectivity index (χ1) is 25.3. The fourth-order valence-corrected chi connectivity index (χ4v) is 7.25. The molecule has 10 aromatic rings. The maximum atomic E-state index is 6.25. The van der Waals surface area contributed by atoms with Gasteiger partial charge < -0.3 is 4.42 Å². The monoisotopic (exact) mass is 651 g/mol. The molecule has 0 atom stereocenters. The van der Waals surface area contributed by atoms with Crippen LogP contribution >= 0.6 is 0 Å². The third kappa shape index (κ3) is 5.04. The van der Waals surface area contributed by atoms with Crippen molar-refractivity contribution in [3.8, 4) is 56.4 Å². The van der Waals surface area contributed by atoms with Crippen molar-refractivity contribution >= 4 is 43.5 Å². The van der Waals surface area contributed by atoms with Gasteiger partial charge in [0, 0.05) is 27.5 Å². The number of para-hydroxylation sites is 1. The highest BCUT2D eigenvalue weighted by Crippen LogP contribution is 2.41. The minimum absolute atomic E-state index is 0.631. The van der Waals surface area contributed by atoms with Crippen molar-refractivity contribution < 1.29 is 4.42 Å². The quantitative estimate of drug-likeness (QED) is 0.186. The Morgan fingerprint density at radius 3 is 1.69 bits per heavy atom. The molecule has 51 heavy (non-hydrogen) atoms. The highest BCUT2D eigenvalue weighted by Gasteiger charge is 2.18. The molecule has 0 saturated carbocycles. The van der Waals surface area contributed by atoms with Crippen molar-refractivity contribution in [2.45, 2.75) is 0 Å². The summed E-state index contributed by atoms with van der Waals surface area (Å²) in [4.78, 5) is 15.2. The van der Waals surface area contributed by atoms with E-state index in [9.17, 15) is 0 Å². The predicted octanol–water partition coefficient (Wildman–Crippen LogP) is 12.4. The van der Waals surface area contributed by atoms with Crippen LogP contribution < -0.4 is 0 Å². The van der Waals surface area contributed by atoms with Crippen molar-refractivity contribution in [1.82, 2.24) is 15.0 Å². The molecule has 0 aliphatic rings. The van der Waals surface area contributed by atoms with Gasteiger partial charge in [-0.2, -0.15) is 0 Å². The number of hydrogen-bond donors (Lipinski definition) is 0. The van der Waals surface area contributed by atoms with Crippen LogP contribution in [0.25, 0.3) is 99.9 Å². The third-order valence-electron chi connectivity index (χ3n) is 9.75. The molecule has 0 spiro atoms. The highest BCUT2D eigenvalue weighted by atomic mass is 16.3. The number of nitrogens with zero attached hydrogens (tertiary/aromatic N) is 3. The predicted molar refractivity (Wildman–Crippen MR) is 209 cm³/mol. The Labute approximate surface area is 294 Å². The van der Waals surface area contributed by atoms with E-state index in [0.29, 0.717) is 17.5 Å². The van der Waals surface area contributed by atoms with Crippen LogP contribution in [0.15, 0.2) is 180 Å². The summed E-state index contributed by atoms with van der Waals surface area (Å²) in [6, 6.07) is 61.1. The molecular weight excluding hydrogens is 623 g/mol. The van der Waals surface area contributed by atoms with Crippen molar-refractivity contribution in [3.05, 3.63) is 176 Å². The molecule has 238 valence electrons. The van der Waals surface area contributed by atoms with Crippen molar-refractivity contribution in [2.75, 3.05) is 0 Å². The number of hydrogen-bond acceptors (Lipinski definition) is 4. The fraction of sp³-hybridized carbons (Fsp3) is 0. The Balaban J connectivity index is 1.12. The molecule has 10 rings (SSSR count). The molecule has 0 bridgehead atoms. The summed E-state index contributed by atoms with van der Waals surface area (Å²) >= 11 is 0. The fourth-order valence-electron chi connectivity index (χ4n) is 7.25. The van der Waals surface area contributed by atoms with E-state index in [1.807, 2.05) is 48.5 Å². The van der Waals surface area contributed by atoms with Crippen molar-refractivity contribution in [2.24, 2.45) is 0 Å². The Morgan fingerprint density at radius 1 is 0.314 bits per heavy atom. The summed E-state index contributed by atoms with van der Waals surface area (Å²) in [5.74, 6) is 1.90. The minimum Gasteiger partial charge on any atom is -0.456 e. The van der Waals surface area contributed by atoms with Crippen LogP contribution in [0.1, 0.15) is 0 Å². The molecule has 0 aliphatic heterocycles. The van der Waals surface area contributed by atoms with E-state index in [4.69, 9.17) is 19.4 Å². The summed E-state index contributed by atoms with van der Waals surface area (Å²) in [5, 5.41) is 6.88. The van der Waals surface area contributed by atoms with Crippen LogP contribution in [-0.2, 0) is 0 Å². The zero-order chi connectivity index (χ0) is 33.7. The van der Waals surface area contributed by atoms with E-state index >= 15 is 0 Å². The first-order valence-electron chi connectivity index (χ1n) is 17.1. The van der Waals surface area contributed by atoms with E-state index in [1.165, 1.54) is 16.3 Å². The number of aromatic nitrogens is 3. The van der Waals surface area contributed by atoms with E-state index in [-0.39, 0.29) is 0 Å². The van der Waals surface area contributed by atoms with Gasteiger partial charge in [0.1, 0.15) is 11.2 Å². The molecule has 0 fully saturated rings. The van der Waals surface area contributed by atoms with Gasteiger partial charge in [0.05, 0.1) is 0 Å². The van der Waals surface area contributed by atoms with Gasteiger partial charge in [-0.1, -0.05) is 152 Å². The summed E-state index contributed by atoms with van der Waals surface area (Å²) in [6.07, 6.45) is 0. The van der Waals surface area contributed by atoms with Crippen molar-refractivity contribution in [1.29, 1.82) is 0 Å². The smallest absolute Gasteiger partial charge is 0.164 e. The van der Waals surface area contributed by atoms with Gasteiger partial charge in [0.2, 0.25) is 0 Å². The van der Waals surface area contributed by atoms with Crippen molar-refractivity contribution in [3.63, 3.8) is 0 Å². The Bertz CT molecular complexity index is 2910. The molecule has 2 heterocycles. The van der Waals surface area contributed by atoms with E-state index in [2.05, 4.69) is 127 Å². The topological polar surface area (TPSA) is 51.8 Å². The maximum Gasteiger partial charge on any atom is 0.164 e. The number of furan rings is 1. The Hall–Kier alpha value is -6.91. The summed E-state index contributed by atoms with van der Waals surface area (Å²) in [6.45, 7) is 0. The Morgan fingerprint density at radius 2 is 0.882 bits per heavy atom. The van der Waals surface area contributed by atoms with Crippen LogP contribution in [0.4, 0.5) is 0 Å². The van der Waals surface area contributed by atoms with Crippen LogP contribution in [0.3, 0.4) is 0 Å². The lowest BCUT2D eigenvalue weighted by molar-refractivity contribution is 0.669.